The van der Waals surface area contributed by atoms with Gasteiger partial charge in [-0.05, 0) is 38.0 Å². The quantitative estimate of drug-likeness (QED) is 0.250. The Bertz CT molecular complexity index is 1230. The van der Waals surface area contributed by atoms with Gasteiger partial charge in [0.25, 0.3) is 0 Å². The van der Waals surface area contributed by atoms with Crippen LogP contribution in [-0.4, -0.2) is 31.4 Å². The normalized spacial score (nSPS) is 11.1. The summed E-state index contributed by atoms with van der Waals surface area (Å²) in [5, 5.41) is 17.1. The lowest BCUT2D eigenvalue weighted by Crippen LogP contribution is -2.14. The highest BCUT2D eigenvalue weighted by atomic mass is 79.9. The number of carbonyl (C=O) groups is 1. The summed E-state index contributed by atoms with van der Waals surface area (Å²) in [5.74, 6) is 1.01. The number of hydrogen-bond donors (Lipinski definition) is 1. The number of aromatic nitrogens is 4. The second-order valence-electron chi connectivity index (χ2n) is 7.17. The summed E-state index contributed by atoms with van der Waals surface area (Å²) in [7, 11) is 0. The van der Waals surface area contributed by atoms with E-state index in [1.54, 1.807) is 11.3 Å². The Hall–Kier alpha value is -2.01. The fraction of sp³-hybridized carbons (Fsp3) is 0.273. The van der Waals surface area contributed by atoms with Crippen molar-refractivity contribution in [2.24, 2.45) is 0 Å². The molecule has 0 aliphatic carbocycles. The predicted molar refractivity (Wildman–Crippen MR) is 138 cm³/mol. The van der Waals surface area contributed by atoms with Gasteiger partial charge in [-0.15, -0.1) is 32.9 Å². The molecular weight excluding hydrogens is 526 g/mol. The van der Waals surface area contributed by atoms with Crippen LogP contribution in [0.1, 0.15) is 23.8 Å². The first-order chi connectivity index (χ1) is 15.5. The van der Waals surface area contributed by atoms with E-state index in [4.69, 9.17) is 0 Å². The van der Waals surface area contributed by atoms with Gasteiger partial charge in [0.1, 0.15) is 0 Å². The monoisotopic (exact) mass is 547 g/mol. The first-order valence-electron chi connectivity index (χ1n) is 10.1. The third-order valence-electron chi connectivity index (χ3n) is 4.91. The number of halogens is 1. The van der Waals surface area contributed by atoms with Crippen LogP contribution in [0.15, 0.2) is 44.7 Å². The number of nitrogens with zero attached hydrogens (tertiary/aromatic N) is 4. The summed E-state index contributed by atoms with van der Waals surface area (Å²) in [6, 6.07) is 7.94. The van der Waals surface area contributed by atoms with E-state index < -0.39 is 0 Å². The van der Waals surface area contributed by atoms with Gasteiger partial charge in [0.2, 0.25) is 5.91 Å². The van der Waals surface area contributed by atoms with E-state index in [9.17, 15) is 4.79 Å². The topological polar surface area (TPSA) is 72.7 Å². The molecule has 0 atom stereocenters. The fourth-order valence-electron chi connectivity index (χ4n) is 3.12. The lowest BCUT2D eigenvalue weighted by Gasteiger charge is -2.08. The van der Waals surface area contributed by atoms with Crippen molar-refractivity contribution in [2.75, 3.05) is 11.1 Å². The lowest BCUT2D eigenvalue weighted by atomic mass is 10.1. The minimum atomic E-state index is -0.109. The van der Waals surface area contributed by atoms with Crippen molar-refractivity contribution in [3.8, 4) is 22.6 Å². The van der Waals surface area contributed by atoms with Crippen molar-refractivity contribution in [3.63, 3.8) is 0 Å². The lowest BCUT2D eigenvalue weighted by molar-refractivity contribution is -0.113. The maximum Gasteiger partial charge on any atom is 0.236 e. The van der Waals surface area contributed by atoms with Crippen LogP contribution < -0.4 is 5.32 Å². The Morgan fingerprint density at radius 3 is 2.62 bits per heavy atom. The summed E-state index contributed by atoms with van der Waals surface area (Å²) in [6.07, 6.45) is 0.963. The van der Waals surface area contributed by atoms with E-state index in [1.807, 2.05) is 29.6 Å². The van der Waals surface area contributed by atoms with Gasteiger partial charge in [-0.1, -0.05) is 46.7 Å². The third-order valence-corrected chi connectivity index (χ3v) is 8.18. The summed E-state index contributed by atoms with van der Waals surface area (Å²) >= 11 is 7.98. The van der Waals surface area contributed by atoms with Crippen molar-refractivity contribution < 1.29 is 4.79 Å². The number of thioether (sulfide) groups is 1. The maximum atomic E-state index is 12.6. The molecule has 1 aromatic carbocycles. The van der Waals surface area contributed by atoms with Gasteiger partial charge in [0.15, 0.2) is 16.1 Å². The maximum absolute atomic E-state index is 12.6. The number of nitrogens with one attached hydrogen (secondary N) is 1. The molecule has 4 aromatic rings. The second kappa shape index (κ2) is 10.3. The van der Waals surface area contributed by atoms with E-state index in [2.05, 4.69) is 67.1 Å². The molecule has 166 valence electrons. The van der Waals surface area contributed by atoms with Gasteiger partial charge < -0.3 is 9.88 Å². The van der Waals surface area contributed by atoms with Crippen molar-refractivity contribution in [1.82, 2.24) is 19.7 Å². The largest absolute Gasteiger partial charge is 0.302 e. The molecule has 6 nitrogen and oxygen atoms in total. The van der Waals surface area contributed by atoms with Crippen LogP contribution in [0.5, 0.6) is 0 Å². The van der Waals surface area contributed by atoms with Crippen molar-refractivity contribution in [1.29, 1.82) is 0 Å². The Kier molecular flexibility index (Phi) is 7.44. The average Bonchev–Trinajstić information content (AvgIpc) is 3.48. The van der Waals surface area contributed by atoms with Gasteiger partial charge in [-0.25, -0.2) is 4.98 Å². The molecule has 0 unspecified atom stereocenters. The van der Waals surface area contributed by atoms with E-state index in [1.165, 1.54) is 33.5 Å². The zero-order valence-electron chi connectivity index (χ0n) is 17.9. The van der Waals surface area contributed by atoms with E-state index in [0.29, 0.717) is 5.13 Å². The Morgan fingerprint density at radius 1 is 1.16 bits per heavy atom. The van der Waals surface area contributed by atoms with Gasteiger partial charge in [0.05, 0.1) is 11.4 Å². The summed E-state index contributed by atoms with van der Waals surface area (Å²) in [4.78, 5) is 18.4. The SMILES string of the molecule is CCCn1c(SCC(=O)Nc2nc(-c3ccc(Br)cc3)cs2)nnc1-c1csc(C)c1C. The second-order valence-corrected chi connectivity index (χ2v) is 11.0. The van der Waals surface area contributed by atoms with Crippen LogP contribution in [0.25, 0.3) is 22.6 Å². The molecule has 10 heteroatoms. The smallest absolute Gasteiger partial charge is 0.236 e. The minimum absolute atomic E-state index is 0.109. The highest BCUT2D eigenvalue weighted by molar-refractivity contribution is 9.10. The van der Waals surface area contributed by atoms with Gasteiger partial charge in [0, 0.05) is 37.8 Å². The van der Waals surface area contributed by atoms with Gasteiger partial charge in [-0.2, -0.15) is 0 Å². The number of aryl methyl sites for hydroxylation is 1. The third kappa shape index (κ3) is 5.14. The number of benzene rings is 1. The van der Waals surface area contributed by atoms with Crippen molar-refractivity contribution in [3.05, 3.63) is 49.9 Å². The van der Waals surface area contributed by atoms with Crippen molar-refractivity contribution in [2.45, 2.75) is 38.9 Å². The van der Waals surface area contributed by atoms with Crippen LogP contribution in [0.3, 0.4) is 0 Å². The van der Waals surface area contributed by atoms with Gasteiger partial charge in [-0.3, -0.25) is 4.79 Å². The molecule has 0 aliphatic heterocycles. The van der Waals surface area contributed by atoms with E-state index >= 15 is 0 Å². The number of amides is 1. The van der Waals surface area contributed by atoms with Crippen LogP contribution in [0, 0.1) is 13.8 Å². The standard InChI is InChI=1S/C22H22BrN5OS3/c1-4-9-28-20(17-10-30-14(3)13(17)2)26-27-22(28)32-12-19(29)25-21-24-18(11-31-21)15-5-7-16(23)8-6-15/h5-8,10-11H,4,9,12H2,1-3H3,(H,24,25,29). The number of anilines is 1. The number of hydrogen-bond acceptors (Lipinski definition) is 7. The molecule has 3 aromatic heterocycles. The number of thiophene rings is 1. The Labute approximate surface area is 207 Å². The van der Waals surface area contributed by atoms with Crippen molar-refractivity contribution >= 4 is 61.4 Å². The van der Waals surface area contributed by atoms with E-state index in [0.717, 1.165) is 45.2 Å². The molecule has 0 aliphatic rings. The molecule has 0 fully saturated rings. The first-order valence-corrected chi connectivity index (χ1v) is 13.6. The fourth-order valence-corrected chi connectivity index (χ4v) is 5.75. The molecule has 1 N–H and O–H groups in total. The molecular formula is C22H22BrN5OS3. The average molecular weight is 549 g/mol. The van der Waals surface area contributed by atoms with Crippen LogP contribution >= 0.6 is 50.4 Å². The summed E-state index contributed by atoms with van der Waals surface area (Å²) in [6.45, 7) is 7.17. The molecule has 0 bridgehead atoms. The first kappa shape index (κ1) is 23.2. The number of rotatable bonds is 8. The molecule has 3 heterocycles. The molecule has 0 radical (unpaired) electrons. The molecule has 0 spiro atoms. The highest BCUT2D eigenvalue weighted by Gasteiger charge is 2.18. The zero-order chi connectivity index (χ0) is 22.7. The number of thiazole rings is 1. The van der Waals surface area contributed by atoms with Crippen LogP contribution in [0.2, 0.25) is 0 Å². The molecule has 4 rings (SSSR count). The Morgan fingerprint density at radius 2 is 1.94 bits per heavy atom. The highest BCUT2D eigenvalue weighted by Crippen LogP contribution is 2.32. The molecule has 0 saturated carbocycles. The molecule has 0 saturated heterocycles. The molecule has 1 amide bonds. The van der Waals surface area contributed by atoms with Gasteiger partial charge >= 0.3 is 0 Å². The number of carbonyl (C=O) groups excluding carboxylic acids is 1. The Balaban J connectivity index is 1.42. The van der Waals surface area contributed by atoms with Crippen LogP contribution in [-0.2, 0) is 11.3 Å². The predicted octanol–water partition coefficient (Wildman–Crippen LogP) is 6.65. The van der Waals surface area contributed by atoms with E-state index in [-0.39, 0.29) is 11.7 Å². The zero-order valence-corrected chi connectivity index (χ0v) is 21.9. The summed E-state index contributed by atoms with van der Waals surface area (Å²) in [5.41, 5.74) is 4.21. The minimum Gasteiger partial charge on any atom is -0.302 e. The summed E-state index contributed by atoms with van der Waals surface area (Å²) < 4.78 is 3.13. The molecule has 32 heavy (non-hydrogen) atoms. The van der Waals surface area contributed by atoms with Crippen LogP contribution in [0.4, 0.5) is 5.13 Å².